The van der Waals surface area contributed by atoms with Gasteiger partial charge in [0.25, 0.3) is 0 Å². The molecule has 0 aliphatic heterocycles. The monoisotopic (exact) mass is 273 g/mol. The smallest absolute Gasteiger partial charge is 0.127 e. The molecule has 0 saturated heterocycles. The average Bonchev–Trinajstić information content (AvgIpc) is 2.53. The Hall–Kier alpha value is -2.20. The lowest BCUT2D eigenvalue weighted by Gasteiger charge is -2.21. The summed E-state index contributed by atoms with van der Waals surface area (Å²) in [4.78, 5) is 0. The molecule has 0 aliphatic rings. The molecule has 0 spiro atoms. The van der Waals surface area contributed by atoms with Gasteiger partial charge >= 0.3 is 0 Å². The number of aliphatic hydroxyl groups is 1. The molecule has 2 rings (SSSR count). The highest BCUT2D eigenvalue weighted by atomic mass is 16.5. The van der Waals surface area contributed by atoms with Gasteiger partial charge in [-0.25, -0.2) is 0 Å². The first kappa shape index (κ1) is 14.2. The van der Waals surface area contributed by atoms with Crippen LogP contribution in [0.25, 0.3) is 0 Å². The van der Waals surface area contributed by atoms with Gasteiger partial charge in [0.1, 0.15) is 11.5 Å². The molecule has 4 heteroatoms. The summed E-state index contributed by atoms with van der Waals surface area (Å²) in [5.74, 6) is 1.41. The Morgan fingerprint density at radius 1 is 1.05 bits per heavy atom. The second-order valence-corrected chi connectivity index (χ2v) is 4.35. The van der Waals surface area contributed by atoms with Crippen LogP contribution in [0, 0.1) is 0 Å². The van der Waals surface area contributed by atoms with Crippen molar-refractivity contribution in [3.05, 3.63) is 54.1 Å². The van der Waals surface area contributed by atoms with Crippen LogP contribution in [-0.4, -0.2) is 25.9 Å². The van der Waals surface area contributed by atoms with Crippen LogP contribution in [0.3, 0.4) is 0 Å². The van der Waals surface area contributed by atoms with E-state index in [2.05, 4.69) is 5.32 Å². The second kappa shape index (κ2) is 6.82. The molecule has 0 amide bonds. The number of anilines is 1. The fourth-order valence-electron chi connectivity index (χ4n) is 2.06. The maximum Gasteiger partial charge on any atom is 0.127 e. The van der Waals surface area contributed by atoms with Crippen LogP contribution >= 0.6 is 0 Å². The van der Waals surface area contributed by atoms with Gasteiger partial charge in [0.2, 0.25) is 0 Å². The summed E-state index contributed by atoms with van der Waals surface area (Å²) < 4.78 is 10.6. The molecule has 0 aliphatic carbocycles. The average molecular weight is 273 g/mol. The summed E-state index contributed by atoms with van der Waals surface area (Å²) in [7, 11) is 3.22. The molecule has 0 radical (unpaired) electrons. The largest absolute Gasteiger partial charge is 0.497 e. The molecule has 20 heavy (non-hydrogen) atoms. The Morgan fingerprint density at radius 3 is 2.40 bits per heavy atom. The molecular weight excluding hydrogens is 254 g/mol. The lowest BCUT2D eigenvalue weighted by molar-refractivity contribution is 0.273. The minimum absolute atomic E-state index is 0.0302. The predicted octanol–water partition coefficient (Wildman–Crippen LogP) is 2.85. The van der Waals surface area contributed by atoms with Crippen molar-refractivity contribution < 1.29 is 14.6 Å². The van der Waals surface area contributed by atoms with E-state index in [1.165, 1.54) is 0 Å². The SMILES string of the molecule is COc1ccc(C(CO)Nc2ccccc2)c(OC)c1. The van der Waals surface area contributed by atoms with E-state index in [9.17, 15) is 5.11 Å². The van der Waals surface area contributed by atoms with Crippen molar-refractivity contribution in [3.8, 4) is 11.5 Å². The third-order valence-electron chi connectivity index (χ3n) is 3.11. The second-order valence-electron chi connectivity index (χ2n) is 4.35. The maximum absolute atomic E-state index is 9.64. The van der Waals surface area contributed by atoms with Gasteiger partial charge in [-0.05, 0) is 24.3 Å². The first-order valence-corrected chi connectivity index (χ1v) is 6.43. The minimum atomic E-state index is -0.238. The number of benzene rings is 2. The predicted molar refractivity (Wildman–Crippen MR) is 79.4 cm³/mol. The fourth-order valence-corrected chi connectivity index (χ4v) is 2.06. The Kier molecular flexibility index (Phi) is 4.85. The van der Waals surface area contributed by atoms with E-state index in [0.29, 0.717) is 5.75 Å². The van der Waals surface area contributed by atoms with Gasteiger partial charge in [0.15, 0.2) is 0 Å². The molecular formula is C16H19NO3. The van der Waals surface area contributed by atoms with Crippen LogP contribution in [0.1, 0.15) is 11.6 Å². The van der Waals surface area contributed by atoms with E-state index in [-0.39, 0.29) is 12.6 Å². The molecule has 0 bridgehead atoms. The number of methoxy groups -OCH3 is 2. The van der Waals surface area contributed by atoms with Crippen LogP contribution < -0.4 is 14.8 Å². The Labute approximate surface area is 119 Å². The molecule has 106 valence electrons. The zero-order valence-electron chi connectivity index (χ0n) is 11.7. The molecule has 2 N–H and O–H groups in total. The Bertz CT molecular complexity index is 543. The first-order chi connectivity index (χ1) is 9.78. The Balaban J connectivity index is 2.27. The molecule has 1 unspecified atom stereocenters. The van der Waals surface area contributed by atoms with Crippen LogP contribution in [0.5, 0.6) is 11.5 Å². The van der Waals surface area contributed by atoms with Gasteiger partial charge in [-0.3, -0.25) is 0 Å². The number of nitrogens with one attached hydrogen (secondary N) is 1. The van der Waals surface area contributed by atoms with E-state index >= 15 is 0 Å². The van der Waals surface area contributed by atoms with Gasteiger partial charge in [0, 0.05) is 17.3 Å². The van der Waals surface area contributed by atoms with Crippen molar-refractivity contribution in [2.75, 3.05) is 26.1 Å². The summed E-state index contributed by atoms with van der Waals surface area (Å²) >= 11 is 0. The summed E-state index contributed by atoms with van der Waals surface area (Å²) in [6.45, 7) is -0.0302. The van der Waals surface area contributed by atoms with Crippen LogP contribution in [0.15, 0.2) is 48.5 Å². The van der Waals surface area contributed by atoms with E-state index in [1.54, 1.807) is 14.2 Å². The standard InChI is InChI=1S/C16H19NO3/c1-19-13-8-9-14(16(10-13)20-2)15(11-18)17-12-6-4-3-5-7-12/h3-10,15,17-18H,11H2,1-2H3. The van der Waals surface area contributed by atoms with Crippen molar-refractivity contribution in [1.82, 2.24) is 0 Å². The number of hydrogen-bond donors (Lipinski definition) is 2. The number of aliphatic hydroxyl groups excluding tert-OH is 1. The van der Waals surface area contributed by atoms with Gasteiger partial charge in [0.05, 0.1) is 26.9 Å². The van der Waals surface area contributed by atoms with Crippen molar-refractivity contribution in [1.29, 1.82) is 0 Å². The molecule has 0 heterocycles. The highest BCUT2D eigenvalue weighted by Crippen LogP contribution is 2.31. The third kappa shape index (κ3) is 3.22. The van der Waals surface area contributed by atoms with Crippen LogP contribution in [0.2, 0.25) is 0 Å². The normalized spacial score (nSPS) is 11.8. The zero-order chi connectivity index (χ0) is 14.4. The van der Waals surface area contributed by atoms with Crippen LogP contribution in [-0.2, 0) is 0 Å². The van der Waals surface area contributed by atoms with Crippen molar-refractivity contribution >= 4 is 5.69 Å². The molecule has 0 aromatic heterocycles. The lowest BCUT2D eigenvalue weighted by Crippen LogP contribution is -2.15. The highest BCUT2D eigenvalue weighted by molar-refractivity contribution is 5.49. The number of para-hydroxylation sites is 1. The molecule has 2 aromatic rings. The third-order valence-corrected chi connectivity index (χ3v) is 3.11. The summed E-state index contributed by atoms with van der Waals surface area (Å²) in [5.41, 5.74) is 1.84. The quantitative estimate of drug-likeness (QED) is 0.849. The number of rotatable bonds is 6. The van der Waals surface area contributed by atoms with Crippen molar-refractivity contribution in [2.45, 2.75) is 6.04 Å². The number of hydrogen-bond acceptors (Lipinski definition) is 4. The summed E-state index contributed by atoms with van der Waals surface area (Å²) in [5, 5.41) is 12.9. The zero-order valence-corrected chi connectivity index (χ0v) is 11.7. The topological polar surface area (TPSA) is 50.7 Å². The highest BCUT2D eigenvalue weighted by Gasteiger charge is 2.16. The maximum atomic E-state index is 9.64. The number of ether oxygens (including phenoxy) is 2. The van der Waals surface area contributed by atoms with Gasteiger partial charge in [-0.1, -0.05) is 18.2 Å². The molecule has 0 saturated carbocycles. The lowest BCUT2D eigenvalue weighted by atomic mass is 10.1. The van der Waals surface area contributed by atoms with Crippen molar-refractivity contribution in [2.24, 2.45) is 0 Å². The van der Waals surface area contributed by atoms with E-state index in [0.717, 1.165) is 17.0 Å². The van der Waals surface area contributed by atoms with Gasteiger partial charge < -0.3 is 19.9 Å². The minimum Gasteiger partial charge on any atom is -0.497 e. The Morgan fingerprint density at radius 2 is 1.80 bits per heavy atom. The molecule has 4 nitrogen and oxygen atoms in total. The summed E-state index contributed by atoms with van der Waals surface area (Å²) in [6, 6.07) is 15.1. The fraction of sp³-hybridized carbons (Fsp3) is 0.250. The van der Waals surface area contributed by atoms with Crippen LogP contribution in [0.4, 0.5) is 5.69 Å². The van der Waals surface area contributed by atoms with Gasteiger partial charge in [-0.15, -0.1) is 0 Å². The van der Waals surface area contributed by atoms with E-state index in [1.807, 2.05) is 48.5 Å². The van der Waals surface area contributed by atoms with Crippen molar-refractivity contribution in [3.63, 3.8) is 0 Å². The molecule has 0 fully saturated rings. The van der Waals surface area contributed by atoms with Gasteiger partial charge in [-0.2, -0.15) is 0 Å². The molecule has 1 atom stereocenters. The van der Waals surface area contributed by atoms with E-state index in [4.69, 9.17) is 9.47 Å². The molecule has 2 aromatic carbocycles. The summed E-state index contributed by atoms with van der Waals surface area (Å²) in [6.07, 6.45) is 0. The van der Waals surface area contributed by atoms with E-state index < -0.39 is 0 Å². The first-order valence-electron chi connectivity index (χ1n) is 6.43.